The number of amides is 1. The summed E-state index contributed by atoms with van der Waals surface area (Å²) in [6.45, 7) is 4.56. The maximum Gasteiger partial charge on any atom is 0.252 e. The number of hydrogen-bond acceptors (Lipinski definition) is 3. The lowest BCUT2D eigenvalue weighted by atomic mass is 10.0. The second-order valence-corrected chi connectivity index (χ2v) is 5.68. The van der Waals surface area contributed by atoms with Gasteiger partial charge in [0.2, 0.25) is 0 Å². The summed E-state index contributed by atoms with van der Waals surface area (Å²) in [4.78, 5) is 16.8. The highest BCUT2D eigenvalue weighted by Crippen LogP contribution is 2.21. The maximum absolute atomic E-state index is 12.5. The number of carbonyl (C=O) groups excluding carboxylic acids is 1. The summed E-state index contributed by atoms with van der Waals surface area (Å²) in [5, 5.41) is 4.11. The number of methoxy groups -OCH3 is 1. The fourth-order valence-corrected chi connectivity index (χ4v) is 2.36. The number of carbonyl (C=O) groups is 1. The van der Waals surface area contributed by atoms with Gasteiger partial charge in [-0.3, -0.25) is 4.79 Å². The van der Waals surface area contributed by atoms with Crippen LogP contribution in [-0.4, -0.2) is 30.6 Å². The largest absolute Gasteiger partial charge is 0.383 e. The third kappa shape index (κ3) is 3.71. The number of halogens is 1. The number of nitrogens with zero attached hydrogens (tertiary/aromatic N) is 1. The summed E-state index contributed by atoms with van der Waals surface area (Å²) >= 11 is 6.01. The van der Waals surface area contributed by atoms with Gasteiger partial charge in [0, 0.05) is 12.5 Å². The minimum atomic E-state index is -0.161. The van der Waals surface area contributed by atoms with Crippen LogP contribution in [0.3, 0.4) is 0 Å². The van der Waals surface area contributed by atoms with Gasteiger partial charge >= 0.3 is 0 Å². The van der Waals surface area contributed by atoms with Crippen molar-refractivity contribution in [1.29, 1.82) is 0 Å². The molecule has 1 unspecified atom stereocenters. The van der Waals surface area contributed by atoms with Crippen molar-refractivity contribution in [3.63, 3.8) is 0 Å². The minimum absolute atomic E-state index is 0.0480. The first-order chi connectivity index (χ1) is 10.0. The predicted molar refractivity (Wildman–Crippen MR) is 84.7 cm³/mol. The monoisotopic (exact) mass is 306 g/mol. The van der Waals surface area contributed by atoms with Crippen LogP contribution < -0.4 is 5.32 Å². The molecular formula is C16H19ClN2O2. The second kappa shape index (κ2) is 6.87. The highest BCUT2D eigenvalue weighted by Gasteiger charge is 2.19. The molecule has 4 nitrogen and oxygen atoms in total. The SMILES string of the molecule is COCC(NC(=O)c1cc(Cl)nc2ccccc12)C(C)C. The van der Waals surface area contributed by atoms with Gasteiger partial charge < -0.3 is 10.1 Å². The topological polar surface area (TPSA) is 51.2 Å². The zero-order chi connectivity index (χ0) is 15.4. The van der Waals surface area contributed by atoms with E-state index in [4.69, 9.17) is 16.3 Å². The molecule has 0 bridgehead atoms. The van der Waals surface area contributed by atoms with Crippen LogP contribution in [0, 0.1) is 5.92 Å². The molecule has 1 amide bonds. The third-order valence-electron chi connectivity index (χ3n) is 3.40. The Balaban J connectivity index is 2.34. The van der Waals surface area contributed by atoms with Crippen molar-refractivity contribution >= 4 is 28.4 Å². The van der Waals surface area contributed by atoms with E-state index in [9.17, 15) is 4.79 Å². The lowest BCUT2D eigenvalue weighted by Crippen LogP contribution is -2.41. The number of hydrogen-bond donors (Lipinski definition) is 1. The third-order valence-corrected chi connectivity index (χ3v) is 3.59. The zero-order valence-corrected chi connectivity index (χ0v) is 13.1. The number of fused-ring (bicyclic) bond motifs is 1. The van der Waals surface area contributed by atoms with Crippen LogP contribution >= 0.6 is 11.6 Å². The summed E-state index contributed by atoms with van der Waals surface area (Å²) < 4.78 is 5.16. The van der Waals surface area contributed by atoms with Crippen molar-refractivity contribution in [3.05, 3.63) is 41.0 Å². The molecule has 5 heteroatoms. The standard InChI is InChI=1S/C16H19ClN2O2/c1-10(2)14(9-21-3)19-16(20)12-8-15(17)18-13-7-5-4-6-11(12)13/h4-8,10,14H,9H2,1-3H3,(H,19,20). The Labute approximate surface area is 129 Å². The van der Waals surface area contributed by atoms with Crippen LogP contribution in [0.1, 0.15) is 24.2 Å². The molecule has 21 heavy (non-hydrogen) atoms. The first-order valence-corrected chi connectivity index (χ1v) is 7.25. The van der Waals surface area contributed by atoms with Crippen LogP contribution in [0.2, 0.25) is 5.15 Å². The Kier molecular flexibility index (Phi) is 5.15. The number of pyridine rings is 1. The summed E-state index contributed by atoms with van der Waals surface area (Å²) in [5.74, 6) is 0.115. The average Bonchev–Trinajstić information content (AvgIpc) is 2.45. The molecule has 0 spiro atoms. The number of benzene rings is 1. The van der Waals surface area contributed by atoms with Gasteiger partial charge in [0.15, 0.2) is 0 Å². The predicted octanol–water partition coefficient (Wildman–Crippen LogP) is 3.29. The molecule has 112 valence electrons. The molecule has 0 radical (unpaired) electrons. The summed E-state index contributed by atoms with van der Waals surface area (Å²) in [7, 11) is 1.63. The molecule has 0 saturated carbocycles. The van der Waals surface area contributed by atoms with Gasteiger partial charge in [-0.05, 0) is 18.1 Å². The first kappa shape index (κ1) is 15.7. The number of ether oxygens (including phenoxy) is 1. The molecule has 0 fully saturated rings. The molecule has 1 heterocycles. The van der Waals surface area contributed by atoms with E-state index >= 15 is 0 Å². The van der Waals surface area contributed by atoms with Gasteiger partial charge in [-0.15, -0.1) is 0 Å². The van der Waals surface area contributed by atoms with Gasteiger partial charge in [0.05, 0.1) is 23.7 Å². The van der Waals surface area contributed by atoms with Crippen molar-refractivity contribution in [2.45, 2.75) is 19.9 Å². The minimum Gasteiger partial charge on any atom is -0.383 e. The van der Waals surface area contributed by atoms with E-state index in [2.05, 4.69) is 10.3 Å². The van der Waals surface area contributed by atoms with E-state index in [1.54, 1.807) is 13.2 Å². The normalized spacial score (nSPS) is 12.6. The van der Waals surface area contributed by atoms with Gasteiger partial charge in [0.1, 0.15) is 5.15 Å². The molecule has 1 N–H and O–H groups in total. The van der Waals surface area contributed by atoms with E-state index in [0.29, 0.717) is 22.8 Å². The Morgan fingerprint density at radius 1 is 1.38 bits per heavy atom. The van der Waals surface area contributed by atoms with E-state index < -0.39 is 0 Å². The Morgan fingerprint density at radius 3 is 2.76 bits per heavy atom. The van der Waals surface area contributed by atoms with E-state index in [0.717, 1.165) is 5.39 Å². The van der Waals surface area contributed by atoms with Gasteiger partial charge in [-0.25, -0.2) is 4.98 Å². The summed E-state index contributed by atoms with van der Waals surface area (Å²) in [6.07, 6.45) is 0. The fourth-order valence-electron chi connectivity index (χ4n) is 2.16. The average molecular weight is 307 g/mol. The van der Waals surface area contributed by atoms with Crippen molar-refractivity contribution < 1.29 is 9.53 Å². The second-order valence-electron chi connectivity index (χ2n) is 5.29. The van der Waals surface area contributed by atoms with Crippen LogP contribution in [-0.2, 0) is 4.74 Å². The lowest BCUT2D eigenvalue weighted by molar-refractivity contribution is 0.0868. The van der Waals surface area contributed by atoms with Gasteiger partial charge in [-0.2, -0.15) is 0 Å². The summed E-state index contributed by atoms with van der Waals surface area (Å²) in [5.41, 5.74) is 1.25. The molecule has 1 aromatic carbocycles. The number of aromatic nitrogens is 1. The van der Waals surface area contributed by atoms with Crippen LogP contribution in [0.15, 0.2) is 30.3 Å². The molecule has 1 atom stereocenters. The first-order valence-electron chi connectivity index (χ1n) is 6.88. The molecule has 0 aliphatic carbocycles. The molecule has 1 aromatic heterocycles. The molecule has 0 saturated heterocycles. The van der Waals surface area contributed by atoms with Crippen LogP contribution in [0.5, 0.6) is 0 Å². The van der Waals surface area contributed by atoms with Gasteiger partial charge in [0.25, 0.3) is 5.91 Å². The van der Waals surface area contributed by atoms with Crippen molar-refractivity contribution in [2.24, 2.45) is 5.92 Å². The van der Waals surface area contributed by atoms with Crippen molar-refractivity contribution in [2.75, 3.05) is 13.7 Å². The Morgan fingerprint density at radius 2 is 2.10 bits per heavy atom. The van der Waals surface area contributed by atoms with Gasteiger partial charge in [-0.1, -0.05) is 43.6 Å². The highest BCUT2D eigenvalue weighted by atomic mass is 35.5. The Hall–Kier alpha value is -1.65. The number of nitrogens with one attached hydrogen (secondary N) is 1. The lowest BCUT2D eigenvalue weighted by Gasteiger charge is -2.22. The molecular weight excluding hydrogens is 288 g/mol. The van der Waals surface area contributed by atoms with Crippen molar-refractivity contribution in [1.82, 2.24) is 10.3 Å². The summed E-state index contributed by atoms with van der Waals surface area (Å²) in [6, 6.07) is 9.01. The van der Waals surface area contributed by atoms with Crippen LogP contribution in [0.4, 0.5) is 0 Å². The Bertz CT molecular complexity index is 643. The zero-order valence-electron chi connectivity index (χ0n) is 12.4. The fraction of sp³-hybridized carbons (Fsp3) is 0.375. The number of para-hydroxylation sites is 1. The van der Waals surface area contributed by atoms with E-state index in [-0.39, 0.29) is 17.9 Å². The maximum atomic E-state index is 12.5. The van der Waals surface area contributed by atoms with E-state index in [1.807, 2.05) is 38.1 Å². The molecule has 2 aromatic rings. The van der Waals surface area contributed by atoms with Crippen LogP contribution in [0.25, 0.3) is 10.9 Å². The smallest absolute Gasteiger partial charge is 0.252 e. The van der Waals surface area contributed by atoms with E-state index in [1.165, 1.54) is 0 Å². The molecule has 2 rings (SSSR count). The quantitative estimate of drug-likeness (QED) is 0.862. The highest BCUT2D eigenvalue weighted by molar-refractivity contribution is 6.30. The molecule has 0 aliphatic heterocycles. The number of rotatable bonds is 5. The molecule has 0 aliphatic rings. The van der Waals surface area contributed by atoms with Crippen molar-refractivity contribution in [3.8, 4) is 0 Å².